The Bertz CT molecular complexity index is 882. The van der Waals surface area contributed by atoms with Gasteiger partial charge >= 0.3 is 0 Å². The van der Waals surface area contributed by atoms with Gasteiger partial charge in [0.25, 0.3) is 0 Å². The van der Waals surface area contributed by atoms with Gasteiger partial charge in [-0.25, -0.2) is 13.4 Å². The van der Waals surface area contributed by atoms with Gasteiger partial charge in [0.1, 0.15) is 5.75 Å². The molecule has 160 valence electrons. The van der Waals surface area contributed by atoms with Crippen molar-refractivity contribution in [3.05, 3.63) is 59.7 Å². The Kier molecular flexibility index (Phi) is 10.5. The minimum absolute atomic E-state index is 0. The highest BCUT2D eigenvalue weighted by Gasteiger charge is 2.08. The maximum Gasteiger partial charge on any atom is 0.194 e. The molecule has 0 spiro atoms. The standard InChI is InChI=1S/C21H29N3O3S.HI/c1-5-22-21(23-15-17-9-13-20(14-10-17)28(4,25)26)24(3)16-18-7-11-19(12-8-18)27-6-2;/h7-14H,5-6,15-16H2,1-4H3,(H,22,23);1H. The summed E-state index contributed by atoms with van der Waals surface area (Å²) in [4.78, 5) is 7.05. The first-order valence-corrected chi connectivity index (χ1v) is 11.2. The Balaban J connectivity index is 0.00000420. The molecule has 0 saturated carbocycles. The summed E-state index contributed by atoms with van der Waals surface area (Å²) in [5.74, 6) is 1.66. The number of nitrogens with one attached hydrogen (secondary N) is 1. The highest BCUT2D eigenvalue weighted by atomic mass is 127. The summed E-state index contributed by atoms with van der Waals surface area (Å²) >= 11 is 0. The van der Waals surface area contributed by atoms with Crippen LogP contribution in [0.4, 0.5) is 0 Å². The number of ether oxygens (including phenoxy) is 1. The molecule has 0 radical (unpaired) electrons. The number of benzene rings is 2. The smallest absolute Gasteiger partial charge is 0.194 e. The monoisotopic (exact) mass is 531 g/mol. The van der Waals surface area contributed by atoms with Crippen molar-refractivity contribution >= 4 is 39.8 Å². The van der Waals surface area contributed by atoms with E-state index in [4.69, 9.17) is 4.74 Å². The van der Waals surface area contributed by atoms with Crippen LogP contribution < -0.4 is 10.1 Å². The van der Waals surface area contributed by atoms with E-state index >= 15 is 0 Å². The average Bonchev–Trinajstić information content (AvgIpc) is 2.66. The lowest BCUT2D eigenvalue weighted by molar-refractivity contribution is 0.340. The minimum Gasteiger partial charge on any atom is -0.494 e. The molecule has 0 fully saturated rings. The molecule has 0 aliphatic rings. The van der Waals surface area contributed by atoms with E-state index in [-0.39, 0.29) is 24.0 Å². The molecular formula is C21H30IN3O3S. The van der Waals surface area contributed by atoms with Gasteiger partial charge in [-0.3, -0.25) is 0 Å². The van der Waals surface area contributed by atoms with Gasteiger partial charge in [0.15, 0.2) is 15.8 Å². The second kappa shape index (κ2) is 12.0. The molecule has 2 aromatic rings. The Morgan fingerprint density at radius 1 is 1.03 bits per heavy atom. The maximum absolute atomic E-state index is 11.6. The molecule has 0 aliphatic heterocycles. The van der Waals surface area contributed by atoms with Crippen LogP contribution in [0.15, 0.2) is 58.4 Å². The summed E-state index contributed by atoms with van der Waals surface area (Å²) in [6.45, 7) is 6.60. The third-order valence-electron chi connectivity index (χ3n) is 4.11. The Labute approximate surface area is 191 Å². The number of hydrogen-bond acceptors (Lipinski definition) is 4. The largest absolute Gasteiger partial charge is 0.494 e. The third-order valence-corrected chi connectivity index (χ3v) is 5.24. The van der Waals surface area contributed by atoms with Crippen molar-refractivity contribution in [3.8, 4) is 5.75 Å². The Hall–Kier alpha value is -1.81. The van der Waals surface area contributed by atoms with Crippen molar-refractivity contribution in [2.45, 2.75) is 31.8 Å². The van der Waals surface area contributed by atoms with Crippen molar-refractivity contribution in [2.24, 2.45) is 4.99 Å². The number of aliphatic imine (C=N–C) groups is 1. The van der Waals surface area contributed by atoms with Gasteiger partial charge in [-0.2, -0.15) is 0 Å². The fourth-order valence-electron chi connectivity index (χ4n) is 2.68. The molecule has 0 amide bonds. The summed E-state index contributed by atoms with van der Waals surface area (Å²) in [5, 5.41) is 3.30. The lowest BCUT2D eigenvalue weighted by Gasteiger charge is -2.22. The Morgan fingerprint density at radius 3 is 2.14 bits per heavy atom. The molecule has 1 N–H and O–H groups in total. The number of hydrogen-bond donors (Lipinski definition) is 1. The van der Waals surface area contributed by atoms with Crippen LogP contribution in [0.1, 0.15) is 25.0 Å². The predicted octanol–water partition coefficient (Wildman–Crippen LogP) is 3.70. The van der Waals surface area contributed by atoms with Crippen LogP contribution in [0, 0.1) is 0 Å². The first-order valence-electron chi connectivity index (χ1n) is 9.33. The van der Waals surface area contributed by atoms with E-state index in [1.807, 2.05) is 33.0 Å². The van der Waals surface area contributed by atoms with Crippen molar-refractivity contribution < 1.29 is 13.2 Å². The van der Waals surface area contributed by atoms with Crippen molar-refractivity contribution in [1.29, 1.82) is 0 Å². The number of halogens is 1. The lowest BCUT2D eigenvalue weighted by atomic mass is 10.2. The first-order chi connectivity index (χ1) is 13.3. The van der Waals surface area contributed by atoms with E-state index in [0.717, 1.165) is 29.4 Å². The van der Waals surface area contributed by atoms with Crippen LogP contribution in [0.2, 0.25) is 0 Å². The predicted molar refractivity (Wildman–Crippen MR) is 129 cm³/mol. The molecule has 0 unspecified atom stereocenters. The van der Waals surface area contributed by atoms with Gasteiger partial charge in [0, 0.05) is 26.4 Å². The van der Waals surface area contributed by atoms with Crippen LogP contribution in [-0.2, 0) is 22.9 Å². The SMILES string of the molecule is CCNC(=NCc1ccc(S(C)(=O)=O)cc1)N(C)Cc1ccc(OCC)cc1.I. The molecule has 2 rings (SSSR count). The van der Waals surface area contributed by atoms with E-state index in [9.17, 15) is 8.42 Å². The number of guanidine groups is 1. The second-order valence-electron chi connectivity index (χ2n) is 6.52. The third kappa shape index (κ3) is 8.22. The quantitative estimate of drug-likeness (QED) is 0.320. The molecule has 0 aromatic heterocycles. The Morgan fingerprint density at radius 2 is 1.62 bits per heavy atom. The topological polar surface area (TPSA) is 71.0 Å². The van der Waals surface area contributed by atoms with Gasteiger partial charge in [-0.05, 0) is 49.2 Å². The van der Waals surface area contributed by atoms with Crippen molar-refractivity contribution in [3.63, 3.8) is 0 Å². The molecule has 8 heteroatoms. The zero-order valence-corrected chi connectivity index (χ0v) is 20.5. The molecule has 2 aromatic carbocycles. The van der Waals surface area contributed by atoms with Crippen molar-refractivity contribution in [2.75, 3.05) is 26.5 Å². The fraction of sp³-hybridized carbons (Fsp3) is 0.381. The summed E-state index contributed by atoms with van der Waals surface area (Å²) in [7, 11) is -1.19. The summed E-state index contributed by atoms with van der Waals surface area (Å²) in [6.07, 6.45) is 1.21. The molecule has 0 atom stereocenters. The van der Waals surface area contributed by atoms with E-state index in [2.05, 4.69) is 27.3 Å². The number of nitrogens with zero attached hydrogens (tertiary/aromatic N) is 2. The average molecular weight is 531 g/mol. The molecular weight excluding hydrogens is 501 g/mol. The summed E-state index contributed by atoms with van der Waals surface area (Å²) < 4.78 is 28.6. The van der Waals surface area contributed by atoms with Gasteiger partial charge in [-0.15, -0.1) is 24.0 Å². The van der Waals surface area contributed by atoms with Gasteiger partial charge < -0.3 is 15.0 Å². The maximum atomic E-state index is 11.6. The molecule has 0 aliphatic carbocycles. The van der Waals surface area contributed by atoms with Crippen molar-refractivity contribution in [1.82, 2.24) is 10.2 Å². The zero-order chi connectivity index (χ0) is 20.6. The number of sulfone groups is 1. The lowest BCUT2D eigenvalue weighted by Crippen LogP contribution is -2.38. The normalized spacial score (nSPS) is 11.5. The van der Waals surface area contributed by atoms with Gasteiger partial charge in [0.2, 0.25) is 0 Å². The summed E-state index contributed by atoms with van der Waals surface area (Å²) in [5.41, 5.74) is 2.12. The first kappa shape index (κ1) is 25.2. The van der Waals surface area contributed by atoms with E-state index in [1.165, 1.54) is 6.26 Å². The van der Waals surface area contributed by atoms with Crippen LogP contribution in [0.25, 0.3) is 0 Å². The fourth-order valence-corrected chi connectivity index (χ4v) is 3.31. The van der Waals surface area contributed by atoms with Crippen LogP contribution in [-0.4, -0.2) is 45.7 Å². The minimum atomic E-state index is -3.18. The molecule has 29 heavy (non-hydrogen) atoms. The van der Waals surface area contributed by atoms with E-state index in [0.29, 0.717) is 24.6 Å². The molecule has 6 nitrogen and oxygen atoms in total. The summed E-state index contributed by atoms with van der Waals surface area (Å²) in [6, 6.07) is 14.9. The van der Waals surface area contributed by atoms with E-state index < -0.39 is 9.84 Å². The zero-order valence-electron chi connectivity index (χ0n) is 17.4. The molecule has 0 heterocycles. The van der Waals surface area contributed by atoms with Crippen LogP contribution in [0.3, 0.4) is 0 Å². The highest BCUT2D eigenvalue weighted by molar-refractivity contribution is 14.0. The highest BCUT2D eigenvalue weighted by Crippen LogP contribution is 2.14. The van der Waals surface area contributed by atoms with Crippen LogP contribution in [0.5, 0.6) is 5.75 Å². The molecule has 0 bridgehead atoms. The second-order valence-corrected chi connectivity index (χ2v) is 8.54. The van der Waals surface area contributed by atoms with Gasteiger partial charge in [-0.1, -0.05) is 24.3 Å². The molecule has 0 saturated heterocycles. The number of rotatable bonds is 8. The van der Waals surface area contributed by atoms with Gasteiger partial charge in [0.05, 0.1) is 18.0 Å². The van der Waals surface area contributed by atoms with Crippen LogP contribution >= 0.6 is 24.0 Å². The van der Waals surface area contributed by atoms with E-state index in [1.54, 1.807) is 24.3 Å².